The van der Waals surface area contributed by atoms with E-state index >= 15 is 0 Å². The molecule has 6 rings (SSSR count). The smallest absolute Gasteiger partial charge is 0.192 e. The fourth-order valence-electron chi connectivity index (χ4n) is 11.1. The second-order valence-electron chi connectivity index (χ2n) is 23.4. The van der Waals surface area contributed by atoms with Crippen molar-refractivity contribution in [1.82, 2.24) is 0 Å². The second-order valence-corrected chi connectivity index (χ2v) is 32.9. The van der Waals surface area contributed by atoms with Crippen molar-refractivity contribution in [3.8, 4) is 11.5 Å². The van der Waals surface area contributed by atoms with E-state index in [1.807, 2.05) is 12.1 Å². The van der Waals surface area contributed by atoms with E-state index in [1.54, 1.807) is 12.1 Å². The molecule has 0 unspecified atom stereocenters. The largest absolute Gasteiger partial charge is 0.508 e. The molecule has 0 spiro atoms. The molecule has 0 saturated heterocycles. The standard InChI is InChI=1S/C27H46O3Si.C27H44O3Si/c2*1-7-8-9-12-21(30-31(5,6)27(2,3)4)14-15-22-23-16-19-11-10-13-25(28)24(19)17-20(23)18-26(22)29/h10-11,13,20-23,26,28-29H,7-9,12,14-18H2,1-6H3;10-11,13,20-23,28H,7-9,12,14-18H2,1-6H3/t20-,21-,22+,23-,26+;20-,21-,22-,23-/m00/s1. The molecule has 0 aliphatic heterocycles. The molecule has 9 atom stereocenters. The van der Waals surface area contributed by atoms with Crippen molar-refractivity contribution in [3.63, 3.8) is 0 Å². The van der Waals surface area contributed by atoms with Crippen LogP contribution >= 0.6 is 0 Å². The summed E-state index contributed by atoms with van der Waals surface area (Å²) in [6, 6.07) is 11.8. The number of fused-ring (bicyclic) bond motifs is 4. The topological polar surface area (TPSA) is 96.2 Å². The van der Waals surface area contributed by atoms with Gasteiger partial charge >= 0.3 is 0 Å². The van der Waals surface area contributed by atoms with Gasteiger partial charge in [0.25, 0.3) is 0 Å². The highest BCUT2D eigenvalue weighted by Gasteiger charge is 2.47. The number of rotatable bonds is 18. The van der Waals surface area contributed by atoms with E-state index in [-0.39, 0.29) is 28.2 Å². The Morgan fingerprint density at radius 3 is 1.58 bits per heavy atom. The van der Waals surface area contributed by atoms with Crippen molar-refractivity contribution in [1.29, 1.82) is 0 Å². The summed E-state index contributed by atoms with van der Waals surface area (Å²) in [5, 5.41) is 31.9. The van der Waals surface area contributed by atoms with Crippen LogP contribution in [0.5, 0.6) is 11.5 Å². The van der Waals surface area contributed by atoms with Gasteiger partial charge in [-0.1, -0.05) is 118 Å². The number of carbonyl (C=O) groups is 1. The maximum Gasteiger partial charge on any atom is 0.192 e. The Morgan fingerprint density at radius 2 is 1.10 bits per heavy atom. The van der Waals surface area contributed by atoms with Crippen molar-refractivity contribution in [2.24, 2.45) is 35.5 Å². The first-order valence-electron chi connectivity index (χ1n) is 25.2. The lowest BCUT2D eigenvalue weighted by Gasteiger charge is -2.40. The van der Waals surface area contributed by atoms with E-state index in [4.69, 9.17) is 8.85 Å². The molecule has 8 heteroatoms. The van der Waals surface area contributed by atoms with E-state index in [0.717, 1.165) is 81.8 Å². The van der Waals surface area contributed by atoms with Gasteiger partial charge in [-0.2, -0.15) is 0 Å². The van der Waals surface area contributed by atoms with Gasteiger partial charge in [-0.15, -0.1) is 0 Å². The van der Waals surface area contributed by atoms with Crippen molar-refractivity contribution < 1.29 is 29.0 Å². The number of ketones is 1. The predicted octanol–water partition coefficient (Wildman–Crippen LogP) is 13.9. The molecule has 0 bridgehead atoms. The fraction of sp³-hybridized carbons (Fsp3) is 0.759. The molecule has 2 aromatic rings. The number of phenolic OH excluding ortho intramolecular Hbond substituents is 2. The number of aliphatic hydroxyl groups excluding tert-OH is 1. The first-order valence-corrected chi connectivity index (χ1v) is 31.0. The Morgan fingerprint density at radius 1 is 0.629 bits per heavy atom. The SMILES string of the molecule is CCCCC[C@@H](CC[C@@H]1C(=O)C[C@@H]2Cc3c(O)cccc3C[C@@H]21)O[Si](C)(C)C(C)(C)C.CCCCC[C@@H](CC[C@@H]1[C@H]2Cc3cccc(O)c3C[C@H]2C[C@H]1O)O[Si](C)(C)C(C)(C)C. The Labute approximate surface area is 381 Å². The van der Waals surface area contributed by atoms with Crippen LogP contribution in [0.3, 0.4) is 0 Å². The van der Waals surface area contributed by atoms with Crippen LogP contribution in [0, 0.1) is 35.5 Å². The zero-order valence-corrected chi connectivity index (χ0v) is 43.5. The van der Waals surface area contributed by atoms with Crippen LogP contribution in [0.4, 0.5) is 0 Å². The minimum atomic E-state index is -1.82. The van der Waals surface area contributed by atoms with Gasteiger partial charge in [-0.3, -0.25) is 4.79 Å². The van der Waals surface area contributed by atoms with E-state index in [1.165, 1.54) is 49.7 Å². The number of carbonyl (C=O) groups excluding carboxylic acids is 1. The van der Waals surface area contributed by atoms with E-state index in [0.29, 0.717) is 59.4 Å². The predicted molar refractivity (Wildman–Crippen MR) is 263 cm³/mol. The Bertz CT molecular complexity index is 1740. The number of Topliss-reactive ketones (excluding diaryl/α,β-unsaturated/α-hetero) is 1. The highest BCUT2D eigenvalue weighted by Crippen LogP contribution is 2.50. The second kappa shape index (κ2) is 21.6. The molecular formula is C54H90O6Si2. The van der Waals surface area contributed by atoms with Crippen molar-refractivity contribution in [2.45, 2.75) is 226 Å². The number of benzene rings is 2. The molecule has 4 aliphatic carbocycles. The molecule has 3 N–H and O–H groups in total. The molecule has 4 aliphatic rings. The molecule has 2 aromatic carbocycles. The van der Waals surface area contributed by atoms with E-state index in [2.05, 4.69) is 93.7 Å². The summed E-state index contributed by atoms with van der Waals surface area (Å²) in [6.45, 7) is 27.8. The minimum Gasteiger partial charge on any atom is -0.508 e. The normalized spacial score (nSPS) is 25.9. The minimum absolute atomic E-state index is 0.164. The maximum absolute atomic E-state index is 13.0. The van der Waals surface area contributed by atoms with Crippen molar-refractivity contribution in [2.75, 3.05) is 0 Å². The van der Waals surface area contributed by atoms with Gasteiger partial charge < -0.3 is 24.2 Å². The lowest BCUT2D eigenvalue weighted by atomic mass is 9.73. The summed E-state index contributed by atoms with van der Waals surface area (Å²) in [7, 11) is -3.62. The molecule has 2 fully saturated rings. The Kier molecular flexibility index (Phi) is 17.7. The summed E-state index contributed by atoms with van der Waals surface area (Å²) in [5.41, 5.74) is 4.74. The van der Waals surface area contributed by atoms with Gasteiger partial charge in [0.05, 0.1) is 6.10 Å². The first-order chi connectivity index (χ1) is 29.1. The van der Waals surface area contributed by atoms with E-state index < -0.39 is 16.6 Å². The molecule has 2 saturated carbocycles. The van der Waals surface area contributed by atoms with Crippen LogP contribution < -0.4 is 0 Å². The average molecular weight is 891 g/mol. The van der Waals surface area contributed by atoms with Crippen molar-refractivity contribution >= 4 is 22.4 Å². The third-order valence-corrected chi connectivity index (χ3v) is 26.0. The van der Waals surface area contributed by atoms with Gasteiger partial charge in [0, 0.05) is 24.5 Å². The third-order valence-electron chi connectivity index (χ3n) is 16.9. The first kappa shape index (κ1) is 51.0. The summed E-state index contributed by atoms with van der Waals surface area (Å²) >= 11 is 0. The van der Waals surface area contributed by atoms with Crippen LogP contribution in [0.15, 0.2) is 36.4 Å². The highest BCUT2D eigenvalue weighted by atomic mass is 28.4. The Hall–Kier alpha value is -1.98. The summed E-state index contributed by atoms with van der Waals surface area (Å²) in [4.78, 5) is 13.0. The molecule has 62 heavy (non-hydrogen) atoms. The summed E-state index contributed by atoms with van der Waals surface area (Å²) in [5.74, 6) is 3.69. The van der Waals surface area contributed by atoms with Gasteiger partial charge in [0.15, 0.2) is 16.6 Å². The summed E-state index contributed by atoms with van der Waals surface area (Å²) in [6.07, 6.45) is 19.5. The number of unbranched alkanes of at least 4 members (excludes halogenated alkanes) is 4. The number of hydrogen-bond acceptors (Lipinski definition) is 6. The van der Waals surface area contributed by atoms with Crippen LogP contribution in [-0.2, 0) is 39.3 Å². The highest BCUT2D eigenvalue weighted by molar-refractivity contribution is 6.74. The molecule has 6 nitrogen and oxygen atoms in total. The van der Waals surface area contributed by atoms with Gasteiger partial charge in [0.2, 0.25) is 0 Å². The van der Waals surface area contributed by atoms with Crippen molar-refractivity contribution in [3.05, 3.63) is 58.7 Å². The van der Waals surface area contributed by atoms with Crippen LogP contribution in [-0.4, -0.2) is 56.0 Å². The molecule has 350 valence electrons. The van der Waals surface area contributed by atoms with Crippen LogP contribution in [0.1, 0.15) is 168 Å². The molecular weight excluding hydrogens is 801 g/mol. The molecule has 0 aromatic heterocycles. The molecule has 0 amide bonds. The third kappa shape index (κ3) is 12.7. The monoisotopic (exact) mass is 891 g/mol. The molecule has 0 radical (unpaired) electrons. The fourth-order valence-corrected chi connectivity index (χ4v) is 14.0. The number of phenols is 2. The Balaban J connectivity index is 0.000000234. The lowest BCUT2D eigenvalue weighted by molar-refractivity contribution is -0.121. The van der Waals surface area contributed by atoms with Crippen LogP contribution in [0.2, 0.25) is 36.3 Å². The maximum atomic E-state index is 13.0. The van der Waals surface area contributed by atoms with Gasteiger partial charge in [-0.05, 0) is 171 Å². The van der Waals surface area contributed by atoms with Gasteiger partial charge in [-0.25, -0.2) is 0 Å². The zero-order chi connectivity index (χ0) is 45.6. The quantitative estimate of drug-likeness (QED) is 0.102. The summed E-state index contributed by atoms with van der Waals surface area (Å²) < 4.78 is 13.7. The number of aliphatic hydroxyl groups is 1. The average Bonchev–Trinajstić information content (AvgIpc) is 3.66. The van der Waals surface area contributed by atoms with E-state index in [9.17, 15) is 20.1 Å². The lowest BCUT2D eigenvalue weighted by Crippen LogP contribution is -2.44. The zero-order valence-electron chi connectivity index (χ0n) is 41.5. The van der Waals surface area contributed by atoms with Crippen LogP contribution in [0.25, 0.3) is 0 Å². The molecule has 0 heterocycles. The number of aromatic hydroxyl groups is 2. The van der Waals surface area contributed by atoms with Gasteiger partial charge in [0.1, 0.15) is 17.3 Å². The number of hydrogen-bond donors (Lipinski definition) is 3.